The van der Waals surface area contributed by atoms with Gasteiger partial charge in [-0.05, 0) is 56.3 Å². The molecule has 0 aliphatic heterocycles. The fraction of sp³-hybridized carbons (Fsp3) is 1.00. The van der Waals surface area contributed by atoms with Crippen LogP contribution in [-0.4, -0.2) is 31.2 Å². The van der Waals surface area contributed by atoms with Gasteiger partial charge < -0.3 is 4.48 Å². The van der Waals surface area contributed by atoms with Crippen molar-refractivity contribution in [2.75, 3.05) is 26.7 Å². The first-order valence-electron chi connectivity index (χ1n) is 13.6. The van der Waals surface area contributed by atoms with Gasteiger partial charge in [0.05, 0.1) is 26.7 Å². The molecule has 0 unspecified atom stereocenters. The van der Waals surface area contributed by atoms with Crippen LogP contribution in [0, 0.1) is 17.8 Å². The quantitative estimate of drug-likeness (QED) is 0.131. The van der Waals surface area contributed by atoms with Gasteiger partial charge >= 0.3 is 0 Å². The van der Waals surface area contributed by atoms with Crippen molar-refractivity contribution >= 4 is 0 Å². The van der Waals surface area contributed by atoms with Crippen LogP contribution in [0.2, 0.25) is 0 Å². The molecular weight excluding hydrogens is 350 g/mol. The summed E-state index contributed by atoms with van der Waals surface area (Å²) >= 11 is 0. The van der Waals surface area contributed by atoms with Crippen molar-refractivity contribution in [3.8, 4) is 0 Å². The van der Waals surface area contributed by atoms with Gasteiger partial charge in [-0.25, -0.2) is 0 Å². The zero-order valence-electron chi connectivity index (χ0n) is 21.9. The van der Waals surface area contributed by atoms with Gasteiger partial charge in [0, 0.05) is 0 Å². The molecular formula is C28H60N+. The summed E-state index contributed by atoms with van der Waals surface area (Å²) in [5.41, 5.74) is 0. The van der Waals surface area contributed by atoms with E-state index in [9.17, 15) is 0 Å². The summed E-state index contributed by atoms with van der Waals surface area (Å²) in [7, 11) is 2.57. The monoisotopic (exact) mass is 410 g/mol. The fourth-order valence-electron chi connectivity index (χ4n) is 4.53. The zero-order chi connectivity index (χ0) is 22.0. The number of nitrogens with zero attached hydrogens (tertiary/aromatic N) is 1. The Morgan fingerprint density at radius 3 is 0.862 bits per heavy atom. The third-order valence-corrected chi connectivity index (χ3v) is 6.69. The summed E-state index contributed by atoms with van der Waals surface area (Å²) in [6.07, 6.45) is 21.6. The lowest BCUT2D eigenvalue weighted by atomic mass is 10.0. The van der Waals surface area contributed by atoms with Gasteiger partial charge in [-0.1, -0.05) is 99.3 Å². The lowest BCUT2D eigenvalue weighted by molar-refractivity contribution is -0.910. The average molecular weight is 411 g/mol. The molecule has 0 aromatic rings. The molecule has 0 N–H and O–H groups in total. The first-order chi connectivity index (χ1) is 13.7. The van der Waals surface area contributed by atoms with Crippen LogP contribution in [0.4, 0.5) is 0 Å². The van der Waals surface area contributed by atoms with Crippen LogP contribution in [0.15, 0.2) is 0 Å². The second-order valence-electron chi connectivity index (χ2n) is 11.6. The van der Waals surface area contributed by atoms with E-state index in [1.165, 1.54) is 120 Å². The summed E-state index contributed by atoms with van der Waals surface area (Å²) in [5, 5.41) is 0. The van der Waals surface area contributed by atoms with Gasteiger partial charge in [-0.2, -0.15) is 0 Å². The Balaban J connectivity index is 4.13. The Labute approximate surface area is 187 Å². The molecule has 0 aliphatic carbocycles. The van der Waals surface area contributed by atoms with Crippen LogP contribution in [0.3, 0.4) is 0 Å². The molecule has 0 spiro atoms. The minimum Gasteiger partial charge on any atom is -0.326 e. The van der Waals surface area contributed by atoms with Gasteiger partial charge in [0.1, 0.15) is 0 Å². The largest absolute Gasteiger partial charge is 0.326 e. The molecule has 0 aromatic carbocycles. The zero-order valence-corrected chi connectivity index (χ0v) is 21.9. The van der Waals surface area contributed by atoms with Crippen LogP contribution in [0.1, 0.15) is 138 Å². The Bertz CT molecular complexity index is 281. The topological polar surface area (TPSA) is 0 Å². The molecule has 0 saturated carbocycles. The summed E-state index contributed by atoms with van der Waals surface area (Å²) in [6.45, 7) is 18.4. The molecule has 0 bridgehead atoms. The highest BCUT2D eigenvalue weighted by atomic mass is 15.3. The third-order valence-electron chi connectivity index (χ3n) is 6.69. The summed E-state index contributed by atoms with van der Waals surface area (Å²) in [5.74, 6) is 2.63. The maximum Gasteiger partial charge on any atom is 0.0784 e. The summed E-state index contributed by atoms with van der Waals surface area (Å²) < 4.78 is 1.35. The molecule has 0 fully saturated rings. The number of unbranched alkanes of at least 4 members (excludes halogenated alkanes) is 9. The van der Waals surface area contributed by atoms with E-state index in [0.717, 1.165) is 17.8 Å². The second-order valence-corrected chi connectivity index (χ2v) is 11.6. The van der Waals surface area contributed by atoms with E-state index in [4.69, 9.17) is 0 Å². The minimum atomic E-state index is 0.877. The highest BCUT2D eigenvalue weighted by molar-refractivity contribution is 4.53. The Morgan fingerprint density at radius 1 is 0.379 bits per heavy atom. The van der Waals surface area contributed by atoms with Crippen molar-refractivity contribution in [1.82, 2.24) is 0 Å². The lowest BCUT2D eigenvalue weighted by Gasteiger charge is -2.35. The van der Waals surface area contributed by atoms with Crippen molar-refractivity contribution in [3.05, 3.63) is 0 Å². The molecule has 0 amide bonds. The highest BCUT2D eigenvalue weighted by Crippen LogP contribution is 2.17. The van der Waals surface area contributed by atoms with Gasteiger partial charge in [-0.3, -0.25) is 0 Å². The molecule has 176 valence electrons. The number of quaternary nitrogens is 1. The van der Waals surface area contributed by atoms with Crippen LogP contribution in [-0.2, 0) is 0 Å². The van der Waals surface area contributed by atoms with Gasteiger partial charge in [-0.15, -0.1) is 0 Å². The van der Waals surface area contributed by atoms with Crippen LogP contribution >= 0.6 is 0 Å². The maximum atomic E-state index is 2.57. The van der Waals surface area contributed by atoms with E-state index in [2.05, 4.69) is 48.6 Å². The summed E-state index contributed by atoms with van der Waals surface area (Å²) in [4.78, 5) is 0. The lowest BCUT2D eigenvalue weighted by Crippen LogP contribution is -2.46. The van der Waals surface area contributed by atoms with Crippen LogP contribution < -0.4 is 0 Å². The predicted molar refractivity (Wildman–Crippen MR) is 135 cm³/mol. The Kier molecular flexibility index (Phi) is 18.7. The number of hydrogen-bond donors (Lipinski definition) is 0. The van der Waals surface area contributed by atoms with E-state index in [1.54, 1.807) is 0 Å². The average Bonchev–Trinajstić information content (AvgIpc) is 2.63. The standard InChI is InChI=1S/C28H60N/c1-26(2)20-14-8-11-17-23-29(7,24-18-12-9-15-21-27(3)4)25-19-13-10-16-22-28(5)6/h26-28H,8-25H2,1-7H3/q+1. The van der Waals surface area contributed by atoms with Crippen molar-refractivity contribution in [2.24, 2.45) is 17.8 Å². The fourth-order valence-corrected chi connectivity index (χ4v) is 4.53. The molecule has 0 aromatic heterocycles. The normalized spacial score (nSPS) is 12.6. The molecule has 0 aliphatic rings. The predicted octanol–water partition coefficient (Wildman–Crippen LogP) is 9.25. The third kappa shape index (κ3) is 21.0. The Morgan fingerprint density at radius 2 is 0.621 bits per heavy atom. The summed E-state index contributed by atoms with van der Waals surface area (Å²) in [6, 6.07) is 0. The van der Waals surface area contributed by atoms with E-state index < -0.39 is 0 Å². The number of hydrogen-bond acceptors (Lipinski definition) is 0. The Hall–Kier alpha value is -0.0400. The molecule has 0 heterocycles. The molecule has 0 saturated heterocycles. The first kappa shape index (κ1) is 29.0. The smallest absolute Gasteiger partial charge is 0.0784 e. The van der Waals surface area contributed by atoms with E-state index in [1.807, 2.05) is 0 Å². The molecule has 29 heavy (non-hydrogen) atoms. The number of rotatable bonds is 21. The van der Waals surface area contributed by atoms with Crippen molar-refractivity contribution in [2.45, 2.75) is 138 Å². The molecule has 0 radical (unpaired) electrons. The van der Waals surface area contributed by atoms with E-state index in [0.29, 0.717) is 0 Å². The van der Waals surface area contributed by atoms with Gasteiger partial charge in [0.25, 0.3) is 0 Å². The molecule has 1 heteroatoms. The van der Waals surface area contributed by atoms with E-state index >= 15 is 0 Å². The molecule has 0 atom stereocenters. The highest BCUT2D eigenvalue weighted by Gasteiger charge is 2.20. The van der Waals surface area contributed by atoms with Gasteiger partial charge in [0.15, 0.2) is 0 Å². The first-order valence-corrected chi connectivity index (χ1v) is 13.6. The van der Waals surface area contributed by atoms with E-state index in [-0.39, 0.29) is 0 Å². The van der Waals surface area contributed by atoms with Crippen molar-refractivity contribution in [1.29, 1.82) is 0 Å². The van der Waals surface area contributed by atoms with Crippen LogP contribution in [0.5, 0.6) is 0 Å². The SMILES string of the molecule is CC(C)CCCCCC[N+](C)(CCCCCCC(C)C)CCCCCCC(C)C. The van der Waals surface area contributed by atoms with Crippen LogP contribution in [0.25, 0.3) is 0 Å². The maximum absolute atomic E-state index is 2.57. The van der Waals surface area contributed by atoms with Crippen molar-refractivity contribution in [3.63, 3.8) is 0 Å². The van der Waals surface area contributed by atoms with Crippen molar-refractivity contribution < 1.29 is 4.48 Å². The minimum absolute atomic E-state index is 0.877. The second kappa shape index (κ2) is 18.7. The molecule has 0 rings (SSSR count). The molecule has 1 nitrogen and oxygen atoms in total. The van der Waals surface area contributed by atoms with Gasteiger partial charge in [0.2, 0.25) is 0 Å².